The summed E-state index contributed by atoms with van der Waals surface area (Å²) >= 11 is 0. The Kier molecular flexibility index (Phi) is 4.61. The molecule has 0 saturated carbocycles. The van der Waals surface area contributed by atoms with Crippen LogP contribution in [0.2, 0.25) is 0 Å². The predicted octanol–water partition coefficient (Wildman–Crippen LogP) is 2.36. The number of amides is 1. The first-order valence-electron chi connectivity index (χ1n) is 7.88. The van der Waals surface area contributed by atoms with E-state index in [4.69, 9.17) is 9.47 Å². The first-order valence-corrected chi connectivity index (χ1v) is 7.88. The van der Waals surface area contributed by atoms with Crippen LogP contribution in [0.25, 0.3) is 0 Å². The number of hydrogen-bond donors (Lipinski definition) is 1. The summed E-state index contributed by atoms with van der Waals surface area (Å²) in [7, 11) is 2.94. The van der Waals surface area contributed by atoms with Crippen LogP contribution in [0, 0.1) is 0 Å². The second-order valence-corrected chi connectivity index (χ2v) is 5.80. The third kappa shape index (κ3) is 3.03. The highest BCUT2D eigenvalue weighted by Crippen LogP contribution is 2.33. The fourth-order valence-corrected chi connectivity index (χ4v) is 3.17. The Labute approximate surface area is 145 Å². The van der Waals surface area contributed by atoms with Crippen molar-refractivity contribution in [2.75, 3.05) is 14.2 Å². The number of aliphatic carboxylic acids is 1. The summed E-state index contributed by atoms with van der Waals surface area (Å²) in [6.45, 7) is 0.242. The van der Waals surface area contributed by atoms with Crippen molar-refractivity contribution in [1.82, 2.24) is 4.90 Å². The van der Waals surface area contributed by atoms with Gasteiger partial charge in [0.15, 0.2) is 11.5 Å². The van der Waals surface area contributed by atoms with Crippen LogP contribution in [0.3, 0.4) is 0 Å². The molecule has 1 amide bonds. The highest BCUT2D eigenvalue weighted by Gasteiger charge is 2.36. The molecule has 3 rings (SSSR count). The van der Waals surface area contributed by atoms with E-state index >= 15 is 0 Å². The molecule has 130 valence electrons. The van der Waals surface area contributed by atoms with Crippen LogP contribution < -0.4 is 9.47 Å². The number of ether oxygens (including phenoxy) is 2. The van der Waals surface area contributed by atoms with Crippen molar-refractivity contribution in [3.8, 4) is 11.5 Å². The maximum Gasteiger partial charge on any atom is 0.326 e. The molecule has 1 aliphatic rings. The zero-order valence-electron chi connectivity index (χ0n) is 14.1. The fourth-order valence-electron chi connectivity index (χ4n) is 3.17. The number of carboxylic acids is 1. The predicted molar refractivity (Wildman–Crippen MR) is 91.0 cm³/mol. The van der Waals surface area contributed by atoms with Gasteiger partial charge in [-0.1, -0.05) is 30.3 Å². The van der Waals surface area contributed by atoms with Gasteiger partial charge >= 0.3 is 5.97 Å². The third-order valence-electron chi connectivity index (χ3n) is 4.43. The van der Waals surface area contributed by atoms with Crippen LogP contribution in [0.15, 0.2) is 42.5 Å². The number of benzene rings is 2. The van der Waals surface area contributed by atoms with E-state index < -0.39 is 17.9 Å². The molecule has 0 fully saturated rings. The molecule has 0 aromatic heterocycles. The first kappa shape index (κ1) is 16.8. The van der Waals surface area contributed by atoms with E-state index in [-0.39, 0.29) is 18.5 Å². The molecule has 1 N–H and O–H groups in total. The Morgan fingerprint density at radius 2 is 1.76 bits per heavy atom. The molecule has 6 heteroatoms. The summed E-state index contributed by atoms with van der Waals surface area (Å²) < 4.78 is 10.6. The van der Waals surface area contributed by atoms with Gasteiger partial charge in [-0.3, -0.25) is 4.79 Å². The van der Waals surface area contributed by atoms with E-state index in [1.165, 1.54) is 19.1 Å². The molecule has 0 aliphatic carbocycles. The van der Waals surface area contributed by atoms with Crippen molar-refractivity contribution in [2.24, 2.45) is 0 Å². The zero-order chi connectivity index (χ0) is 18.0. The van der Waals surface area contributed by atoms with Gasteiger partial charge < -0.3 is 19.5 Å². The molecule has 0 spiro atoms. The molecule has 0 saturated heterocycles. The second kappa shape index (κ2) is 6.84. The van der Waals surface area contributed by atoms with Crippen molar-refractivity contribution in [2.45, 2.75) is 19.0 Å². The number of carboxylic acid groups (broad SMARTS) is 1. The van der Waals surface area contributed by atoms with Gasteiger partial charge in [-0.05, 0) is 23.3 Å². The number of methoxy groups -OCH3 is 2. The fraction of sp³-hybridized carbons (Fsp3) is 0.263. The lowest BCUT2D eigenvalue weighted by molar-refractivity contribution is -0.142. The standard InChI is InChI=1S/C19H19NO5/c1-24-16-9-5-8-14(17(16)25-2)18(21)20-11-13-7-4-3-6-12(13)10-15(20)19(22)23/h3-9,15H,10-11H2,1-2H3,(H,22,23)/t15-/m0/s1. The lowest BCUT2D eigenvalue weighted by atomic mass is 9.93. The molecule has 0 radical (unpaired) electrons. The van der Waals surface area contributed by atoms with E-state index in [1.54, 1.807) is 18.2 Å². The van der Waals surface area contributed by atoms with Gasteiger partial charge in [0.05, 0.1) is 19.8 Å². The topological polar surface area (TPSA) is 76.1 Å². The molecular weight excluding hydrogens is 322 g/mol. The van der Waals surface area contributed by atoms with Gasteiger partial charge in [-0.25, -0.2) is 4.79 Å². The summed E-state index contributed by atoms with van der Waals surface area (Å²) in [4.78, 5) is 26.2. The van der Waals surface area contributed by atoms with Gasteiger partial charge in [-0.15, -0.1) is 0 Å². The summed E-state index contributed by atoms with van der Waals surface area (Å²) in [6.07, 6.45) is 0.281. The lowest BCUT2D eigenvalue weighted by Crippen LogP contribution is -2.48. The van der Waals surface area contributed by atoms with Gasteiger partial charge in [0.1, 0.15) is 6.04 Å². The molecule has 1 heterocycles. The van der Waals surface area contributed by atoms with Crippen LogP contribution in [-0.4, -0.2) is 42.1 Å². The zero-order valence-corrected chi connectivity index (χ0v) is 14.1. The molecule has 1 aliphatic heterocycles. The summed E-state index contributed by atoms with van der Waals surface area (Å²) in [5.41, 5.74) is 2.19. The van der Waals surface area contributed by atoms with Gasteiger partial charge in [0, 0.05) is 13.0 Å². The van der Waals surface area contributed by atoms with Crippen molar-refractivity contribution in [1.29, 1.82) is 0 Å². The lowest BCUT2D eigenvalue weighted by Gasteiger charge is -2.34. The summed E-state index contributed by atoms with van der Waals surface area (Å²) in [5, 5.41) is 9.61. The van der Waals surface area contributed by atoms with Crippen LogP contribution in [0.1, 0.15) is 21.5 Å². The SMILES string of the molecule is COc1cccc(C(=O)N2Cc3ccccc3C[C@H]2C(=O)O)c1OC. The normalized spacial score (nSPS) is 16.1. The summed E-state index contributed by atoms with van der Waals surface area (Å²) in [5.74, 6) is -0.682. The Morgan fingerprint density at radius 1 is 1.04 bits per heavy atom. The Morgan fingerprint density at radius 3 is 2.40 bits per heavy atom. The molecule has 1 atom stereocenters. The Bertz CT molecular complexity index is 817. The van der Waals surface area contributed by atoms with Crippen molar-refractivity contribution < 1.29 is 24.2 Å². The first-order chi connectivity index (χ1) is 12.1. The smallest absolute Gasteiger partial charge is 0.326 e. The van der Waals surface area contributed by atoms with Gasteiger partial charge in [0.2, 0.25) is 0 Å². The highest BCUT2D eigenvalue weighted by atomic mass is 16.5. The van der Waals surface area contributed by atoms with Gasteiger partial charge in [0.25, 0.3) is 5.91 Å². The maximum atomic E-state index is 13.1. The molecule has 25 heavy (non-hydrogen) atoms. The molecule has 6 nitrogen and oxygen atoms in total. The van der Waals surface area contributed by atoms with Crippen LogP contribution >= 0.6 is 0 Å². The third-order valence-corrected chi connectivity index (χ3v) is 4.43. The average Bonchev–Trinajstić information content (AvgIpc) is 2.65. The van der Waals surface area contributed by atoms with E-state index in [9.17, 15) is 14.7 Å². The van der Waals surface area contributed by atoms with Crippen molar-refractivity contribution >= 4 is 11.9 Å². The Hall–Kier alpha value is -3.02. The van der Waals surface area contributed by atoms with Crippen LogP contribution in [0.4, 0.5) is 0 Å². The van der Waals surface area contributed by atoms with Crippen LogP contribution in [0.5, 0.6) is 11.5 Å². The molecule has 0 bridgehead atoms. The van der Waals surface area contributed by atoms with Crippen molar-refractivity contribution in [3.05, 3.63) is 59.2 Å². The number of carbonyl (C=O) groups excluding carboxylic acids is 1. The number of fused-ring (bicyclic) bond motifs is 1. The van der Waals surface area contributed by atoms with E-state index in [2.05, 4.69) is 0 Å². The number of rotatable bonds is 4. The van der Waals surface area contributed by atoms with E-state index in [0.29, 0.717) is 11.5 Å². The number of para-hydroxylation sites is 1. The highest BCUT2D eigenvalue weighted by molar-refractivity contribution is 6.00. The molecule has 2 aromatic carbocycles. The van der Waals surface area contributed by atoms with Gasteiger partial charge in [-0.2, -0.15) is 0 Å². The van der Waals surface area contributed by atoms with E-state index in [1.807, 2.05) is 24.3 Å². The largest absolute Gasteiger partial charge is 0.493 e. The molecule has 2 aromatic rings. The van der Waals surface area contributed by atoms with Crippen molar-refractivity contribution in [3.63, 3.8) is 0 Å². The van der Waals surface area contributed by atoms with Crippen LogP contribution in [-0.2, 0) is 17.8 Å². The maximum absolute atomic E-state index is 13.1. The van der Waals surface area contributed by atoms with E-state index in [0.717, 1.165) is 11.1 Å². The minimum atomic E-state index is -1.02. The molecular formula is C19H19NO5. The number of hydrogen-bond acceptors (Lipinski definition) is 4. The Balaban J connectivity index is 2.02. The monoisotopic (exact) mass is 341 g/mol. The summed E-state index contributed by atoms with van der Waals surface area (Å²) in [6, 6.07) is 11.6. The molecule has 0 unspecified atom stereocenters. The quantitative estimate of drug-likeness (QED) is 0.924. The minimum absolute atomic E-state index is 0.242. The minimum Gasteiger partial charge on any atom is -0.493 e. The number of carbonyl (C=O) groups is 2. The second-order valence-electron chi connectivity index (χ2n) is 5.80. The average molecular weight is 341 g/mol. The number of nitrogens with zero attached hydrogens (tertiary/aromatic N) is 1.